The van der Waals surface area contributed by atoms with Crippen molar-refractivity contribution in [3.8, 4) is 11.8 Å². The SMILES string of the molecule is Cc1ccccc1CCCc1ccc(C#Cc2ccc(C(=O)N[C@H](C(=O)CO)[C@@H](C)O)cc2)cc1. The molecule has 3 aromatic carbocycles. The zero-order valence-electron chi connectivity index (χ0n) is 20.1. The van der Waals surface area contributed by atoms with Crippen LogP contribution in [0.15, 0.2) is 72.8 Å². The fourth-order valence-corrected chi connectivity index (χ4v) is 3.77. The number of ketones is 1. The van der Waals surface area contributed by atoms with Crippen molar-refractivity contribution in [3.05, 3.63) is 106 Å². The summed E-state index contributed by atoms with van der Waals surface area (Å²) < 4.78 is 0. The predicted octanol–water partition coefficient (Wildman–Crippen LogP) is 3.61. The van der Waals surface area contributed by atoms with Crippen LogP contribution in [-0.4, -0.2) is 40.7 Å². The van der Waals surface area contributed by atoms with E-state index in [1.54, 1.807) is 24.3 Å². The van der Waals surface area contributed by atoms with Gasteiger partial charge in [0.2, 0.25) is 0 Å². The van der Waals surface area contributed by atoms with Gasteiger partial charge in [-0.3, -0.25) is 9.59 Å². The first-order chi connectivity index (χ1) is 16.9. The number of aryl methyl sites for hydroxylation is 3. The minimum Gasteiger partial charge on any atom is -0.391 e. The highest BCUT2D eigenvalue weighted by Gasteiger charge is 2.25. The minimum atomic E-state index is -1.16. The Labute approximate surface area is 206 Å². The van der Waals surface area contributed by atoms with Crippen LogP contribution in [0.5, 0.6) is 0 Å². The van der Waals surface area contributed by atoms with Gasteiger partial charge in [-0.25, -0.2) is 0 Å². The molecule has 0 saturated heterocycles. The van der Waals surface area contributed by atoms with E-state index in [4.69, 9.17) is 5.11 Å². The fraction of sp³-hybridized carbons (Fsp3) is 0.267. The number of aliphatic hydroxyl groups is 2. The molecule has 3 N–H and O–H groups in total. The summed E-state index contributed by atoms with van der Waals surface area (Å²) in [5.41, 5.74) is 6.03. The van der Waals surface area contributed by atoms with E-state index in [0.29, 0.717) is 5.56 Å². The average Bonchev–Trinajstić information content (AvgIpc) is 2.87. The first-order valence-electron chi connectivity index (χ1n) is 11.8. The summed E-state index contributed by atoms with van der Waals surface area (Å²) in [5.74, 6) is 5.09. The van der Waals surface area contributed by atoms with Crippen LogP contribution >= 0.6 is 0 Å². The summed E-state index contributed by atoms with van der Waals surface area (Å²) in [6.45, 7) is 2.79. The van der Waals surface area contributed by atoms with Gasteiger partial charge in [-0.15, -0.1) is 0 Å². The van der Waals surface area contributed by atoms with Gasteiger partial charge in [-0.2, -0.15) is 0 Å². The van der Waals surface area contributed by atoms with Crippen LogP contribution in [0, 0.1) is 18.8 Å². The molecule has 5 nitrogen and oxygen atoms in total. The molecule has 0 aromatic heterocycles. The Morgan fingerprint density at radius 1 is 0.886 bits per heavy atom. The van der Waals surface area contributed by atoms with E-state index in [0.717, 1.165) is 30.4 Å². The molecule has 3 rings (SSSR count). The third-order valence-corrected chi connectivity index (χ3v) is 5.90. The van der Waals surface area contributed by atoms with Gasteiger partial charge >= 0.3 is 0 Å². The summed E-state index contributed by atoms with van der Waals surface area (Å²) in [5, 5.41) is 21.1. The van der Waals surface area contributed by atoms with Gasteiger partial charge in [0.15, 0.2) is 5.78 Å². The van der Waals surface area contributed by atoms with Crippen LogP contribution in [0.3, 0.4) is 0 Å². The summed E-state index contributed by atoms with van der Waals surface area (Å²) in [6.07, 6.45) is 2.08. The van der Waals surface area contributed by atoms with Gasteiger partial charge in [0.1, 0.15) is 12.6 Å². The maximum absolute atomic E-state index is 12.4. The number of benzene rings is 3. The molecule has 0 fully saturated rings. The molecule has 1 amide bonds. The van der Waals surface area contributed by atoms with Crippen molar-refractivity contribution >= 4 is 11.7 Å². The van der Waals surface area contributed by atoms with Crippen LogP contribution < -0.4 is 5.32 Å². The quantitative estimate of drug-likeness (QED) is 0.418. The van der Waals surface area contributed by atoms with Crippen LogP contribution in [0.25, 0.3) is 0 Å². The number of rotatable bonds is 9. The number of carbonyl (C=O) groups excluding carboxylic acids is 2. The molecule has 3 aromatic rings. The van der Waals surface area contributed by atoms with Crippen molar-refractivity contribution in [2.24, 2.45) is 0 Å². The zero-order chi connectivity index (χ0) is 25.2. The van der Waals surface area contributed by atoms with E-state index in [2.05, 4.69) is 60.5 Å². The molecule has 0 saturated carbocycles. The Hall–Kier alpha value is -3.72. The molecule has 0 spiro atoms. The maximum atomic E-state index is 12.4. The lowest BCUT2D eigenvalue weighted by molar-refractivity contribution is -0.125. The molecular weight excluding hydrogens is 438 g/mol. The van der Waals surface area contributed by atoms with Crippen molar-refractivity contribution in [1.29, 1.82) is 0 Å². The van der Waals surface area contributed by atoms with Gasteiger partial charge in [0.25, 0.3) is 5.91 Å². The van der Waals surface area contributed by atoms with E-state index in [9.17, 15) is 14.7 Å². The molecule has 2 atom stereocenters. The first kappa shape index (κ1) is 25.9. The summed E-state index contributed by atoms with van der Waals surface area (Å²) in [6, 6.07) is 22.3. The smallest absolute Gasteiger partial charge is 0.251 e. The topological polar surface area (TPSA) is 86.6 Å². The standard InChI is InChI=1S/C30H31NO4/c1-21-6-3-4-8-26(21)9-5-7-23-10-12-24(13-11-23)14-15-25-16-18-27(19-17-25)30(35)31-29(22(2)33)28(34)20-32/h3-4,6,8,10-13,16-19,22,29,32-33H,5,7,9,20H2,1-2H3,(H,31,35)/t22-,29+/m1/s1. The van der Waals surface area contributed by atoms with E-state index in [-0.39, 0.29) is 0 Å². The molecule has 0 unspecified atom stereocenters. The van der Waals surface area contributed by atoms with Crippen LogP contribution in [0.1, 0.15) is 51.5 Å². The highest BCUT2D eigenvalue weighted by atomic mass is 16.3. The second kappa shape index (κ2) is 12.7. The van der Waals surface area contributed by atoms with Gasteiger partial charge < -0.3 is 15.5 Å². The fourth-order valence-electron chi connectivity index (χ4n) is 3.77. The third-order valence-electron chi connectivity index (χ3n) is 5.90. The lowest BCUT2D eigenvalue weighted by Crippen LogP contribution is -2.48. The second-order valence-electron chi connectivity index (χ2n) is 8.62. The monoisotopic (exact) mass is 469 g/mol. The van der Waals surface area contributed by atoms with Crippen molar-refractivity contribution in [3.63, 3.8) is 0 Å². The Kier molecular flexibility index (Phi) is 9.37. The molecular formula is C30H31NO4. The lowest BCUT2D eigenvalue weighted by atomic mass is 10.00. The lowest BCUT2D eigenvalue weighted by Gasteiger charge is -2.19. The Bertz CT molecular complexity index is 1200. The molecule has 0 aliphatic rings. The van der Waals surface area contributed by atoms with Gasteiger partial charge in [-0.05, 0) is 86.2 Å². The van der Waals surface area contributed by atoms with Crippen molar-refractivity contribution < 1.29 is 19.8 Å². The van der Waals surface area contributed by atoms with E-state index in [1.165, 1.54) is 23.6 Å². The highest BCUT2D eigenvalue weighted by Crippen LogP contribution is 2.13. The molecule has 5 heteroatoms. The summed E-state index contributed by atoms with van der Waals surface area (Å²) in [4.78, 5) is 24.1. The van der Waals surface area contributed by atoms with Crippen molar-refractivity contribution in [2.45, 2.75) is 45.3 Å². The number of Topliss-reactive ketones (excluding diaryl/α,β-unsaturated/α-hetero) is 1. The van der Waals surface area contributed by atoms with Gasteiger partial charge in [0.05, 0.1) is 6.10 Å². The Morgan fingerprint density at radius 2 is 1.49 bits per heavy atom. The molecule has 35 heavy (non-hydrogen) atoms. The van der Waals surface area contributed by atoms with Crippen LogP contribution in [0.4, 0.5) is 0 Å². The highest BCUT2D eigenvalue weighted by molar-refractivity contribution is 5.98. The molecule has 180 valence electrons. The summed E-state index contributed by atoms with van der Waals surface area (Å²) >= 11 is 0. The molecule has 0 aliphatic heterocycles. The molecule has 0 heterocycles. The van der Waals surface area contributed by atoms with Crippen molar-refractivity contribution in [2.75, 3.05) is 6.61 Å². The Morgan fingerprint density at radius 3 is 2.06 bits per heavy atom. The van der Waals surface area contributed by atoms with Crippen LogP contribution in [0.2, 0.25) is 0 Å². The van der Waals surface area contributed by atoms with E-state index < -0.39 is 30.4 Å². The number of nitrogens with one attached hydrogen (secondary N) is 1. The zero-order valence-corrected chi connectivity index (χ0v) is 20.1. The maximum Gasteiger partial charge on any atom is 0.251 e. The van der Waals surface area contributed by atoms with Gasteiger partial charge in [0, 0.05) is 16.7 Å². The molecule has 0 aliphatic carbocycles. The number of aliphatic hydroxyl groups excluding tert-OH is 2. The predicted molar refractivity (Wildman–Crippen MR) is 137 cm³/mol. The number of carbonyl (C=O) groups is 2. The molecule has 0 radical (unpaired) electrons. The second-order valence-corrected chi connectivity index (χ2v) is 8.62. The van der Waals surface area contributed by atoms with Crippen molar-refractivity contribution in [1.82, 2.24) is 5.32 Å². The summed E-state index contributed by atoms with van der Waals surface area (Å²) in [7, 11) is 0. The average molecular weight is 470 g/mol. The number of amides is 1. The van der Waals surface area contributed by atoms with Crippen LogP contribution in [-0.2, 0) is 17.6 Å². The first-order valence-corrected chi connectivity index (χ1v) is 11.8. The Balaban J connectivity index is 1.55. The minimum absolute atomic E-state index is 0.335. The number of hydrogen-bond donors (Lipinski definition) is 3. The molecule has 0 bridgehead atoms. The van der Waals surface area contributed by atoms with Gasteiger partial charge in [-0.1, -0.05) is 48.2 Å². The largest absolute Gasteiger partial charge is 0.391 e. The van der Waals surface area contributed by atoms with E-state index >= 15 is 0 Å². The van der Waals surface area contributed by atoms with E-state index in [1.807, 2.05) is 12.1 Å². The third kappa shape index (κ3) is 7.65. The normalized spacial score (nSPS) is 12.2. The number of hydrogen-bond acceptors (Lipinski definition) is 4.